The van der Waals surface area contributed by atoms with E-state index in [-0.39, 0.29) is 11.4 Å². The Bertz CT molecular complexity index is 1020. The molecule has 1 aromatic heterocycles. The van der Waals surface area contributed by atoms with Crippen LogP contribution in [0.1, 0.15) is 11.7 Å². The fourth-order valence-corrected chi connectivity index (χ4v) is 3.36. The Morgan fingerprint density at radius 2 is 1.96 bits per heavy atom. The van der Waals surface area contributed by atoms with E-state index in [1.54, 1.807) is 30.3 Å². The highest BCUT2D eigenvalue weighted by Gasteiger charge is 2.14. The van der Waals surface area contributed by atoms with Gasteiger partial charge in [-0.15, -0.1) is 0 Å². The van der Waals surface area contributed by atoms with Gasteiger partial charge in [-0.1, -0.05) is 29.8 Å². The number of rotatable bonds is 5. The van der Waals surface area contributed by atoms with Crippen LogP contribution in [0.4, 0.5) is 5.82 Å². The normalized spacial score (nSPS) is 12.9. The highest BCUT2D eigenvalue weighted by atomic mass is 35.5. The number of halogens is 1. The monoisotopic (exact) mass is 377 g/mol. The van der Waals surface area contributed by atoms with Gasteiger partial charge in [0, 0.05) is 28.8 Å². The summed E-state index contributed by atoms with van der Waals surface area (Å²) in [7, 11) is -3.34. The summed E-state index contributed by atoms with van der Waals surface area (Å²) in [5, 5.41) is 14.4. The van der Waals surface area contributed by atoms with Crippen molar-refractivity contribution in [3.63, 3.8) is 0 Å². The molecule has 1 atom stereocenters. The fraction of sp³-hybridized carbons (Fsp3) is 0.176. The average Bonchev–Trinajstić information content (AvgIpc) is 2.58. The standard InChI is InChI=1S/C17H16ClN3O3S/c1-25(23,24)11-6-7-15-13(8-11)17(21-10-20-15)19-9-16(22)12-4-2-3-5-14(12)18/h2-8,10,16,22H,9H2,1H3,(H,19,20,21)/t16-/m0/s1. The number of fused-ring (bicyclic) bond motifs is 1. The molecular weight excluding hydrogens is 362 g/mol. The van der Waals surface area contributed by atoms with Gasteiger partial charge in [-0.25, -0.2) is 18.4 Å². The molecular formula is C17H16ClN3O3S. The number of aliphatic hydroxyl groups is 1. The first-order valence-corrected chi connectivity index (χ1v) is 9.74. The van der Waals surface area contributed by atoms with E-state index in [1.807, 2.05) is 0 Å². The maximum absolute atomic E-state index is 11.8. The van der Waals surface area contributed by atoms with Crippen LogP contribution in [0.5, 0.6) is 0 Å². The Labute approximate surface area is 150 Å². The van der Waals surface area contributed by atoms with E-state index in [0.29, 0.717) is 27.3 Å². The van der Waals surface area contributed by atoms with Crippen LogP contribution in [-0.2, 0) is 9.84 Å². The van der Waals surface area contributed by atoms with Crippen molar-refractivity contribution in [3.8, 4) is 0 Å². The van der Waals surface area contributed by atoms with E-state index in [2.05, 4.69) is 15.3 Å². The summed E-state index contributed by atoms with van der Waals surface area (Å²) in [4.78, 5) is 8.48. The van der Waals surface area contributed by atoms with Gasteiger partial charge in [0.15, 0.2) is 9.84 Å². The molecule has 0 radical (unpaired) electrons. The van der Waals surface area contributed by atoms with Crippen molar-refractivity contribution < 1.29 is 13.5 Å². The van der Waals surface area contributed by atoms with Crippen LogP contribution in [-0.4, -0.2) is 36.3 Å². The summed E-state index contributed by atoms with van der Waals surface area (Å²) in [5.41, 5.74) is 1.21. The minimum Gasteiger partial charge on any atom is -0.387 e. The molecule has 130 valence electrons. The summed E-state index contributed by atoms with van der Waals surface area (Å²) in [6.07, 6.45) is 1.69. The van der Waals surface area contributed by atoms with E-state index < -0.39 is 15.9 Å². The first-order valence-electron chi connectivity index (χ1n) is 7.47. The molecule has 0 unspecified atom stereocenters. The molecule has 2 N–H and O–H groups in total. The Balaban J connectivity index is 1.90. The van der Waals surface area contributed by atoms with Gasteiger partial charge in [-0.3, -0.25) is 0 Å². The summed E-state index contributed by atoms with van der Waals surface area (Å²) in [6.45, 7) is 0.166. The summed E-state index contributed by atoms with van der Waals surface area (Å²) in [5.74, 6) is 0.446. The van der Waals surface area contributed by atoms with Gasteiger partial charge in [0.05, 0.1) is 16.5 Å². The molecule has 0 fully saturated rings. The number of hydrogen-bond acceptors (Lipinski definition) is 6. The second-order valence-electron chi connectivity index (χ2n) is 5.59. The molecule has 0 amide bonds. The third-order valence-corrected chi connectivity index (χ3v) is 5.22. The van der Waals surface area contributed by atoms with Crippen molar-refractivity contribution in [1.82, 2.24) is 9.97 Å². The molecule has 0 aliphatic heterocycles. The van der Waals surface area contributed by atoms with Crippen molar-refractivity contribution in [3.05, 3.63) is 59.4 Å². The van der Waals surface area contributed by atoms with Crippen molar-refractivity contribution in [2.75, 3.05) is 18.1 Å². The fourth-order valence-electron chi connectivity index (χ4n) is 2.46. The molecule has 8 heteroatoms. The van der Waals surface area contributed by atoms with E-state index >= 15 is 0 Å². The van der Waals surface area contributed by atoms with Crippen LogP contribution in [0.2, 0.25) is 5.02 Å². The minimum atomic E-state index is -3.34. The number of sulfone groups is 1. The minimum absolute atomic E-state index is 0.166. The van der Waals surface area contributed by atoms with Crippen molar-refractivity contribution in [2.24, 2.45) is 0 Å². The average molecular weight is 378 g/mol. The van der Waals surface area contributed by atoms with Gasteiger partial charge in [0.1, 0.15) is 12.1 Å². The molecule has 3 aromatic rings. The number of nitrogens with one attached hydrogen (secondary N) is 1. The second kappa shape index (κ2) is 6.95. The summed E-state index contributed by atoms with van der Waals surface area (Å²) >= 11 is 6.09. The smallest absolute Gasteiger partial charge is 0.175 e. The molecule has 2 aromatic carbocycles. The molecule has 6 nitrogen and oxygen atoms in total. The molecule has 0 aliphatic rings. The third kappa shape index (κ3) is 3.89. The Morgan fingerprint density at radius 3 is 2.68 bits per heavy atom. The lowest BCUT2D eigenvalue weighted by molar-refractivity contribution is 0.191. The van der Waals surface area contributed by atoms with Gasteiger partial charge in [0.2, 0.25) is 0 Å². The van der Waals surface area contributed by atoms with Crippen molar-refractivity contribution >= 4 is 38.2 Å². The van der Waals surface area contributed by atoms with Gasteiger partial charge in [-0.05, 0) is 24.3 Å². The van der Waals surface area contributed by atoms with Crippen LogP contribution >= 0.6 is 11.6 Å². The molecule has 25 heavy (non-hydrogen) atoms. The lowest BCUT2D eigenvalue weighted by Gasteiger charge is -2.15. The van der Waals surface area contributed by atoms with E-state index in [1.165, 1.54) is 18.5 Å². The number of hydrogen-bond donors (Lipinski definition) is 2. The Hall–Kier alpha value is -2.22. The molecule has 0 saturated heterocycles. The van der Waals surface area contributed by atoms with E-state index in [9.17, 15) is 13.5 Å². The van der Waals surface area contributed by atoms with Gasteiger partial charge < -0.3 is 10.4 Å². The van der Waals surface area contributed by atoms with Crippen LogP contribution in [0.25, 0.3) is 10.9 Å². The van der Waals surface area contributed by atoms with Crippen LogP contribution < -0.4 is 5.32 Å². The Kier molecular flexibility index (Phi) is 4.89. The SMILES string of the molecule is CS(=O)(=O)c1ccc2ncnc(NC[C@H](O)c3ccccc3Cl)c2c1. The molecule has 0 saturated carbocycles. The van der Waals surface area contributed by atoms with E-state index in [4.69, 9.17) is 11.6 Å². The number of aliphatic hydroxyl groups excluding tert-OH is 1. The summed E-state index contributed by atoms with van der Waals surface area (Å²) < 4.78 is 23.5. The summed E-state index contributed by atoms with van der Waals surface area (Å²) in [6, 6.07) is 11.7. The highest BCUT2D eigenvalue weighted by molar-refractivity contribution is 7.90. The lowest BCUT2D eigenvalue weighted by Crippen LogP contribution is -2.13. The van der Waals surface area contributed by atoms with Crippen LogP contribution in [0.15, 0.2) is 53.7 Å². The number of anilines is 1. The van der Waals surface area contributed by atoms with Crippen LogP contribution in [0, 0.1) is 0 Å². The molecule has 1 heterocycles. The first-order chi connectivity index (χ1) is 11.9. The Morgan fingerprint density at radius 1 is 1.20 bits per heavy atom. The maximum atomic E-state index is 11.8. The second-order valence-corrected chi connectivity index (χ2v) is 8.01. The van der Waals surface area contributed by atoms with Crippen molar-refractivity contribution in [1.29, 1.82) is 0 Å². The van der Waals surface area contributed by atoms with Gasteiger partial charge in [-0.2, -0.15) is 0 Å². The zero-order valence-corrected chi connectivity index (χ0v) is 14.9. The van der Waals surface area contributed by atoms with Gasteiger partial charge in [0.25, 0.3) is 0 Å². The third-order valence-electron chi connectivity index (χ3n) is 3.76. The first kappa shape index (κ1) is 17.6. The highest BCUT2D eigenvalue weighted by Crippen LogP contribution is 2.25. The molecule has 0 aliphatic carbocycles. The lowest BCUT2D eigenvalue weighted by atomic mass is 10.1. The zero-order chi connectivity index (χ0) is 18.0. The molecule has 0 spiro atoms. The molecule has 0 bridgehead atoms. The number of benzene rings is 2. The largest absolute Gasteiger partial charge is 0.387 e. The quantitative estimate of drug-likeness (QED) is 0.710. The van der Waals surface area contributed by atoms with Crippen molar-refractivity contribution in [2.45, 2.75) is 11.0 Å². The predicted octanol–water partition coefficient (Wildman–Crippen LogP) is 2.83. The topological polar surface area (TPSA) is 92.2 Å². The predicted molar refractivity (Wildman–Crippen MR) is 97.5 cm³/mol. The molecule has 3 rings (SSSR count). The van der Waals surface area contributed by atoms with Gasteiger partial charge >= 0.3 is 0 Å². The van der Waals surface area contributed by atoms with E-state index in [0.717, 1.165) is 6.26 Å². The number of aromatic nitrogens is 2. The number of nitrogens with zero attached hydrogens (tertiary/aromatic N) is 2. The van der Waals surface area contributed by atoms with Crippen LogP contribution in [0.3, 0.4) is 0 Å². The maximum Gasteiger partial charge on any atom is 0.175 e. The zero-order valence-electron chi connectivity index (χ0n) is 13.3.